The Hall–Kier alpha value is -3.75. The number of thiazole rings is 1. The molecule has 0 atom stereocenters. The fraction of sp³-hybridized carbons (Fsp3) is 0.111. The first-order valence-electron chi connectivity index (χ1n) is 11.0. The number of fused-ring (bicyclic) bond motifs is 1. The van der Waals surface area contributed by atoms with Crippen LogP contribution in [0.3, 0.4) is 0 Å². The average molecular weight is 499 g/mol. The monoisotopic (exact) mass is 498 g/mol. The highest BCUT2D eigenvalue weighted by atomic mass is 32.2. The Morgan fingerprint density at radius 1 is 0.971 bits per heavy atom. The fourth-order valence-electron chi connectivity index (χ4n) is 3.74. The van der Waals surface area contributed by atoms with Crippen molar-refractivity contribution in [2.24, 2.45) is 0 Å². The maximum atomic E-state index is 13.4. The lowest BCUT2D eigenvalue weighted by Gasteiger charge is -2.17. The third kappa shape index (κ3) is 4.76. The normalized spacial score (nSPS) is 11.0. The smallest absolute Gasteiger partial charge is 0.266 e. The minimum atomic E-state index is -0.104. The first-order valence-corrected chi connectivity index (χ1v) is 12.9. The van der Waals surface area contributed by atoms with Gasteiger partial charge in [-0.1, -0.05) is 59.8 Å². The van der Waals surface area contributed by atoms with E-state index in [0.717, 1.165) is 22.6 Å². The highest BCUT2D eigenvalue weighted by molar-refractivity contribution is 7.98. The molecule has 0 N–H and O–H groups in total. The van der Waals surface area contributed by atoms with Gasteiger partial charge in [0.1, 0.15) is 0 Å². The second-order valence-electron chi connectivity index (χ2n) is 7.99. The highest BCUT2D eigenvalue weighted by Gasteiger charge is 2.19. The van der Waals surface area contributed by atoms with Crippen molar-refractivity contribution in [2.45, 2.75) is 24.8 Å². The number of nitrogens with zero attached hydrogens (tertiary/aromatic N) is 4. The third-order valence-corrected chi connectivity index (χ3v) is 7.29. The van der Waals surface area contributed by atoms with E-state index in [2.05, 4.69) is 0 Å². The van der Waals surface area contributed by atoms with E-state index in [9.17, 15) is 9.59 Å². The molecule has 0 aliphatic heterocycles. The highest BCUT2D eigenvalue weighted by Crippen LogP contribution is 2.31. The van der Waals surface area contributed by atoms with E-state index >= 15 is 0 Å². The molecule has 2 heterocycles. The molecule has 0 aliphatic rings. The zero-order valence-electron chi connectivity index (χ0n) is 19.2. The van der Waals surface area contributed by atoms with Crippen LogP contribution in [0.15, 0.2) is 94.2 Å². The molecule has 0 saturated heterocycles. The molecule has 0 spiro atoms. The van der Waals surface area contributed by atoms with Gasteiger partial charge in [-0.2, -0.15) is 0 Å². The molecule has 1 amide bonds. The molecule has 5 aromatic rings. The number of hydrogen-bond donors (Lipinski definition) is 0. The molecule has 0 saturated carbocycles. The molecule has 8 heteroatoms. The zero-order valence-corrected chi connectivity index (χ0v) is 20.8. The van der Waals surface area contributed by atoms with Gasteiger partial charge in [0, 0.05) is 18.1 Å². The van der Waals surface area contributed by atoms with Crippen molar-refractivity contribution in [3.05, 3.63) is 106 Å². The Kier molecular flexibility index (Phi) is 6.48. The molecular formula is C27H22N4O2S2. The second kappa shape index (κ2) is 9.85. The minimum absolute atomic E-state index is 0.103. The molecule has 2 aromatic heterocycles. The van der Waals surface area contributed by atoms with Crippen LogP contribution in [0.1, 0.15) is 18.2 Å². The summed E-state index contributed by atoms with van der Waals surface area (Å²) in [4.78, 5) is 36.9. The van der Waals surface area contributed by atoms with E-state index in [1.54, 1.807) is 15.5 Å². The average Bonchev–Trinajstić information content (AvgIpc) is 3.32. The third-order valence-electron chi connectivity index (χ3n) is 5.45. The van der Waals surface area contributed by atoms with Crippen molar-refractivity contribution < 1.29 is 4.79 Å². The molecular weight excluding hydrogens is 476 g/mol. The summed E-state index contributed by atoms with van der Waals surface area (Å²) in [6, 6.07) is 24.7. The van der Waals surface area contributed by atoms with Gasteiger partial charge in [0.2, 0.25) is 5.91 Å². The van der Waals surface area contributed by atoms with Crippen LogP contribution in [-0.4, -0.2) is 20.4 Å². The predicted molar refractivity (Wildman–Crippen MR) is 143 cm³/mol. The van der Waals surface area contributed by atoms with Crippen LogP contribution >= 0.6 is 23.1 Å². The standard InChI is InChI=1S/C27H22N4O2S2/c1-18-12-14-22(15-13-18)31-25(33)23-10-6-7-11-24(23)29-27(31)35-17-20-16-34-26(28-20)30(19(2)32)21-8-4-3-5-9-21/h3-16H,17H2,1-2H3. The number of anilines is 2. The van der Waals surface area contributed by atoms with Crippen LogP contribution in [0.2, 0.25) is 0 Å². The number of amides is 1. The number of rotatable bonds is 6. The summed E-state index contributed by atoms with van der Waals surface area (Å²) in [5.74, 6) is 0.405. The summed E-state index contributed by atoms with van der Waals surface area (Å²) in [7, 11) is 0. The molecule has 6 nitrogen and oxygen atoms in total. The van der Waals surface area contributed by atoms with E-state index in [1.165, 1.54) is 30.0 Å². The largest absolute Gasteiger partial charge is 0.274 e. The molecule has 3 aromatic carbocycles. The first-order chi connectivity index (χ1) is 17.0. The Labute approximate surface area is 210 Å². The minimum Gasteiger partial charge on any atom is -0.274 e. The Morgan fingerprint density at radius 3 is 2.43 bits per heavy atom. The van der Waals surface area contributed by atoms with Gasteiger partial charge in [-0.25, -0.2) is 9.97 Å². The number of hydrogen-bond acceptors (Lipinski definition) is 6. The van der Waals surface area contributed by atoms with Gasteiger partial charge in [0.15, 0.2) is 10.3 Å². The van der Waals surface area contributed by atoms with Crippen molar-refractivity contribution in [1.82, 2.24) is 14.5 Å². The molecule has 174 valence electrons. The zero-order chi connectivity index (χ0) is 24.4. The van der Waals surface area contributed by atoms with Crippen LogP contribution in [0.25, 0.3) is 16.6 Å². The topological polar surface area (TPSA) is 68.1 Å². The number of para-hydroxylation sites is 2. The number of carbonyl (C=O) groups is 1. The van der Waals surface area contributed by atoms with Gasteiger partial charge >= 0.3 is 0 Å². The van der Waals surface area contributed by atoms with Gasteiger partial charge in [-0.15, -0.1) is 11.3 Å². The van der Waals surface area contributed by atoms with Gasteiger partial charge in [0.25, 0.3) is 5.56 Å². The van der Waals surface area contributed by atoms with Crippen LogP contribution in [0, 0.1) is 6.92 Å². The van der Waals surface area contributed by atoms with E-state index in [1.807, 2.05) is 85.1 Å². The van der Waals surface area contributed by atoms with E-state index < -0.39 is 0 Å². The lowest BCUT2D eigenvalue weighted by molar-refractivity contribution is -0.115. The first kappa shape index (κ1) is 23.0. The molecule has 0 unspecified atom stereocenters. The molecule has 0 aliphatic carbocycles. The maximum Gasteiger partial charge on any atom is 0.266 e. The van der Waals surface area contributed by atoms with E-state index in [4.69, 9.17) is 9.97 Å². The summed E-state index contributed by atoms with van der Waals surface area (Å²) < 4.78 is 1.66. The van der Waals surface area contributed by atoms with Crippen molar-refractivity contribution in [1.29, 1.82) is 0 Å². The lowest BCUT2D eigenvalue weighted by atomic mass is 10.2. The summed E-state index contributed by atoms with van der Waals surface area (Å²) in [6.45, 7) is 3.54. The van der Waals surface area contributed by atoms with Crippen LogP contribution < -0.4 is 10.5 Å². The predicted octanol–water partition coefficient (Wildman–Crippen LogP) is 6.13. The number of carbonyl (C=O) groups excluding carboxylic acids is 1. The van der Waals surface area contributed by atoms with Crippen molar-refractivity contribution >= 4 is 50.7 Å². The Bertz CT molecular complexity index is 1560. The summed E-state index contributed by atoms with van der Waals surface area (Å²) in [5.41, 5.74) is 4.04. The second-order valence-corrected chi connectivity index (χ2v) is 9.77. The van der Waals surface area contributed by atoms with E-state index in [-0.39, 0.29) is 11.5 Å². The van der Waals surface area contributed by atoms with Crippen LogP contribution in [0.5, 0.6) is 0 Å². The molecule has 35 heavy (non-hydrogen) atoms. The van der Waals surface area contributed by atoms with Crippen LogP contribution in [0.4, 0.5) is 10.8 Å². The summed E-state index contributed by atoms with van der Waals surface area (Å²) >= 11 is 2.87. The van der Waals surface area contributed by atoms with Gasteiger partial charge in [-0.3, -0.25) is 19.1 Å². The number of thioether (sulfide) groups is 1. The number of aromatic nitrogens is 3. The Balaban J connectivity index is 1.48. The quantitative estimate of drug-likeness (QED) is 0.208. The van der Waals surface area contributed by atoms with Crippen molar-refractivity contribution in [3.8, 4) is 5.69 Å². The lowest BCUT2D eigenvalue weighted by Crippen LogP contribution is -2.22. The van der Waals surface area contributed by atoms with Crippen LogP contribution in [-0.2, 0) is 10.5 Å². The van der Waals surface area contributed by atoms with Crippen molar-refractivity contribution in [2.75, 3.05) is 4.90 Å². The SMILES string of the molecule is CC(=O)N(c1ccccc1)c1nc(CSc2nc3ccccc3c(=O)n2-c2ccc(C)cc2)cs1. The Morgan fingerprint density at radius 2 is 1.69 bits per heavy atom. The molecule has 5 rings (SSSR count). The van der Waals surface area contributed by atoms with E-state index in [0.29, 0.717) is 26.9 Å². The van der Waals surface area contributed by atoms with Crippen molar-refractivity contribution in [3.63, 3.8) is 0 Å². The molecule has 0 radical (unpaired) electrons. The number of aryl methyl sites for hydroxylation is 1. The maximum absolute atomic E-state index is 13.4. The van der Waals surface area contributed by atoms with Gasteiger partial charge in [-0.05, 0) is 43.3 Å². The fourth-order valence-corrected chi connectivity index (χ4v) is 5.64. The molecule has 0 bridgehead atoms. The number of benzene rings is 3. The van der Waals surface area contributed by atoms with Gasteiger partial charge < -0.3 is 0 Å². The molecule has 0 fully saturated rings. The summed E-state index contributed by atoms with van der Waals surface area (Å²) in [6.07, 6.45) is 0. The summed E-state index contributed by atoms with van der Waals surface area (Å²) in [5, 5.41) is 3.73. The van der Waals surface area contributed by atoms with Gasteiger partial charge in [0.05, 0.1) is 28.0 Å².